The Hall–Kier alpha value is -2.21. The topological polar surface area (TPSA) is 180 Å². The van der Waals surface area contributed by atoms with Crippen molar-refractivity contribution in [2.75, 3.05) is 6.54 Å². The van der Waals surface area contributed by atoms with Crippen molar-refractivity contribution in [1.29, 1.82) is 0 Å². The van der Waals surface area contributed by atoms with Gasteiger partial charge < -0.3 is 21.1 Å². The molecular weight excluding hydrogens is 417 g/mol. The van der Waals surface area contributed by atoms with Crippen LogP contribution in [-0.2, 0) is 9.59 Å². The van der Waals surface area contributed by atoms with Crippen LogP contribution in [0, 0.1) is 22.0 Å². The van der Waals surface area contributed by atoms with Gasteiger partial charge in [-0.15, -0.1) is 0 Å². The number of ketones is 1. The molecule has 0 saturated heterocycles. The quantitative estimate of drug-likeness (QED) is 0.0510. The number of carbonyl (C=O) groups excluding carboxylic acids is 2. The molecular formula is C20H40BN5O6. The molecule has 0 aromatic carbocycles. The average molecular weight is 457 g/mol. The number of guanidine groups is 1. The third-order valence-corrected chi connectivity index (χ3v) is 5.02. The van der Waals surface area contributed by atoms with E-state index in [2.05, 4.69) is 17.2 Å². The summed E-state index contributed by atoms with van der Waals surface area (Å²) in [5.41, 5.74) is 7.12. The number of aliphatic imine (C=N–C) groups is 1. The maximum absolute atomic E-state index is 12.8. The molecule has 12 heteroatoms. The zero-order valence-electron chi connectivity index (χ0n) is 19.6. The standard InChI is InChI=1S/C20H40BN5O6/c1-4-5-6-7-8-11-17(27)14-16(10-9-12-23-20(22)25-26(31)32)19(28)24-18(21(29)30)13-15(2)3/h15-16,18,29-30H,4-14H2,1-3H3,(H,24,28)(H3,22,23,25)/t16-,18+/m1/s1. The van der Waals surface area contributed by atoms with E-state index >= 15 is 0 Å². The number of nitrogens with zero attached hydrogens (tertiary/aromatic N) is 2. The highest BCUT2D eigenvalue weighted by molar-refractivity contribution is 6.43. The predicted octanol–water partition coefficient (Wildman–Crippen LogP) is 1.34. The van der Waals surface area contributed by atoms with Crippen molar-refractivity contribution in [3.8, 4) is 0 Å². The summed E-state index contributed by atoms with van der Waals surface area (Å²) in [7, 11) is -1.70. The first-order valence-corrected chi connectivity index (χ1v) is 11.5. The van der Waals surface area contributed by atoms with Gasteiger partial charge in [-0.2, -0.15) is 0 Å². The van der Waals surface area contributed by atoms with Crippen molar-refractivity contribution in [1.82, 2.24) is 10.7 Å². The van der Waals surface area contributed by atoms with Crippen molar-refractivity contribution in [2.45, 2.75) is 90.9 Å². The maximum Gasteiger partial charge on any atom is 0.475 e. The third-order valence-electron chi connectivity index (χ3n) is 5.02. The normalized spacial score (nSPS) is 13.5. The summed E-state index contributed by atoms with van der Waals surface area (Å²) in [6, 6.07) is 0. The van der Waals surface area contributed by atoms with Gasteiger partial charge in [0.15, 0.2) is 5.03 Å². The molecule has 6 N–H and O–H groups in total. The lowest BCUT2D eigenvalue weighted by Crippen LogP contribution is -2.49. The lowest BCUT2D eigenvalue weighted by Gasteiger charge is -2.23. The maximum atomic E-state index is 12.8. The number of nitrogens with one attached hydrogen (secondary N) is 2. The summed E-state index contributed by atoms with van der Waals surface area (Å²) < 4.78 is 0. The highest BCUT2D eigenvalue weighted by atomic mass is 16.7. The second-order valence-electron chi connectivity index (χ2n) is 8.54. The first-order chi connectivity index (χ1) is 15.1. The van der Waals surface area contributed by atoms with Gasteiger partial charge >= 0.3 is 7.12 Å². The summed E-state index contributed by atoms with van der Waals surface area (Å²) >= 11 is 0. The van der Waals surface area contributed by atoms with E-state index in [1.807, 2.05) is 13.8 Å². The number of hydrazine groups is 1. The summed E-state index contributed by atoms with van der Waals surface area (Å²) in [6.07, 6.45) is 6.64. The van der Waals surface area contributed by atoms with Gasteiger partial charge in [-0.3, -0.25) is 9.59 Å². The molecule has 2 atom stereocenters. The van der Waals surface area contributed by atoms with Crippen LogP contribution in [0.1, 0.15) is 85.0 Å². The number of nitro groups is 1. The summed E-state index contributed by atoms with van der Waals surface area (Å²) in [5, 5.41) is 31.4. The molecule has 1 amide bonds. The zero-order valence-corrected chi connectivity index (χ0v) is 19.6. The number of amides is 1. The van der Waals surface area contributed by atoms with E-state index in [4.69, 9.17) is 5.73 Å². The molecule has 0 unspecified atom stereocenters. The predicted molar refractivity (Wildman–Crippen MR) is 124 cm³/mol. The molecule has 11 nitrogen and oxygen atoms in total. The van der Waals surface area contributed by atoms with E-state index in [0.29, 0.717) is 25.7 Å². The first-order valence-electron chi connectivity index (χ1n) is 11.5. The third kappa shape index (κ3) is 15.6. The molecule has 0 aliphatic carbocycles. The molecule has 0 aromatic rings. The Morgan fingerprint density at radius 1 is 1.16 bits per heavy atom. The Morgan fingerprint density at radius 2 is 1.81 bits per heavy atom. The van der Waals surface area contributed by atoms with Crippen LogP contribution in [0.4, 0.5) is 0 Å². The van der Waals surface area contributed by atoms with E-state index in [1.165, 1.54) is 0 Å². The fourth-order valence-electron chi connectivity index (χ4n) is 3.36. The lowest BCUT2D eigenvalue weighted by atomic mass is 9.74. The van der Waals surface area contributed by atoms with E-state index in [0.717, 1.165) is 32.1 Å². The van der Waals surface area contributed by atoms with Crippen LogP contribution in [0.5, 0.6) is 0 Å². The minimum absolute atomic E-state index is 0.00959. The Labute approximate surface area is 190 Å². The summed E-state index contributed by atoms with van der Waals surface area (Å²) in [6.45, 7) is 6.08. The number of carbonyl (C=O) groups is 2. The molecule has 0 rings (SSSR count). The van der Waals surface area contributed by atoms with Crippen LogP contribution in [0.3, 0.4) is 0 Å². The molecule has 0 radical (unpaired) electrons. The van der Waals surface area contributed by atoms with Crippen molar-refractivity contribution < 1.29 is 24.7 Å². The van der Waals surface area contributed by atoms with E-state index < -0.39 is 29.9 Å². The Morgan fingerprint density at radius 3 is 2.38 bits per heavy atom. The Kier molecular flexibility index (Phi) is 16.2. The number of nitrogens with two attached hydrogens (primary N) is 1. The Balaban J connectivity index is 4.93. The van der Waals surface area contributed by atoms with Crippen molar-refractivity contribution in [3.63, 3.8) is 0 Å². The van der Waals surface area contributed by atoms with Gasteiger partial charge in [-0.05, 0) is 31.6 Å². The van der Waals surface area contributed by atoms with Gasteiger partial charge in [0.05, 0.1) is 5.94 Å². The minimum Gasteiger partial charge on any atom is -0.426 e. The van der Waals surface area contributed by atoms with Crippen LogP contribution in [0.2, 0.25) is 0 Å². The van der Waals surface area contributed by atoms with E-state index in [-0.39, 0.29) is 30.6 Å². The molecule has 32 heavy (non-hydrogen) atoms. The molecule has 0 aliphatic rings. The van der Waals surface area contributed by atoms with Crippen molar-refractivity contribution >= 4 is 24.8 Å². The molecule has 0 fully saturated rings. The van der Waals surface area contributed by atoms with Crippen LogP contribution in [-0.4, -0.2) is 52.3 Å². The summed E-state index contributed by atoms with van der Waals surface area (Å²) in [4.78, 5) is 39.4. The van der Waals surface area contributed by atoms with E-state index in [9.17, 15) is 29.8 Å². The number of rotatable bonds is 18. The van der Waals surface area contributed by atoms with Crippen LogP contribution >= 0.6 is 0 Å². The molecule has 0 aromatic heterocycles. The fourth-order valence-corrected chi connectivity index (χ4v) is 3.36. The molecule has 0 saturated carbocycles. The largest absolute Gasteiger partial charge is 0.475 e. The Bertz CT molecular complexity index is 603. The zero-order chi connectivity index (χ0) is 24.5. The van der Waals surface area contributed by atoms with Crippen LogP contribution in [0.25, 0.3) is 0 Å². The molecule has 184 valence electrons. The average Bonchev–Trinajstić information content (AvgIpc) is 2.68. The second-order valence-corrected chi connectivity index (χ2v) is 8.54. The van der Waals surface area contributed by atoms with Gasteiger partial charge in [0, 0.05) is 25.3 Å². The molecule has 0 heterocycles. The van der Waals surface area contributed by atoms with Gasteiger partial charge in [0.2, 0.25) is 5.91 Å². The first kappa shape index (κ1) is 29.8. The van der Waals surface area contributed by atoms with Gasteiger partial charge in [0.25, 0.3) is 5.96 Å². The van der Waals surface area contributed by atoms with Gasteiger partial charge in [-0.1, -0.05) is 51.9 Å². The fraction of sp³-hybridized carbons (Fsp3) is 0.850. The number of unbranched alkanes of at least 4 members (excludes halogenated alkanes) is 4. The van der Waals surface area contributed by atoms with Crippen molar-refractivity contribution in [3.05, 3.63) is 10.1 Å². The lowest BCUT2D eigenvalue weighted by molar-refractivity contribution is -0.525. The van der Waals surface area contributed by atoms with Crippen LogP contribution < -0.4 is 16.5 Å². The second kappa shape index (κ2) is 17.4. The minimum atomic E-state index is -1.70. The van der Waals surface area contributed by atoms with Gasteiger partial charge in [0.1, 0.15) is 5.78 Å². The highest BCUT2D eigenvalue weighted by Crippen LogP contribution is 2.17. The molecule has 0 spiro atoms. The van der Waals surface area contributed by atoms with Crippen molar-refractivity contribution in [2.24, 2.45) is 22.6 Å². The monoisotopic (exact) mass is 457 g/mol. The number of Topliss-reactive ketones (excluding diaryl/α,β-unsaturated/α-hetero) is 1. The highest BCUT2D eigenvalue weighted by Gasteiger charge is 2.29. The number of hydrogen-bond acceptors (Lipinski definition) is 7. The summed E-state index contributed by atoms with van der Waals surface area (Å²) in [5.74, 6) is -2.09. The number of hydrogen-bond donors (Lipinski definition) is 5. The molecule has 0 aliphatic heterocycles. The van der Waals surface area contributed by atoms with Gasteiger partial charge in [-0.25, -0.2) is 15.1 Å². The SMILES string of the molecule is CCCCCCCC(=O)C[C@@H](CCCN=C(N)N[N+](=O)[O-])C(=O)N[C@@H](CC(C)C)B(O)O. The van der Waals surface area contributed by atoms with Crippen LogP contribution in [0.15, 0.2) is 4.99 Å². The van der Waals surface area contributed by atoms with E-state index in [1.54, 1.807) is 5.43 Å². The smallest absolute Gasteiger partial charge is 0.426 e. The molecule has 0 bridgehead atoms.